The van der Waals surface area contributed by atoms with E-state index in [1.165, 1.54) is 0 Å². The van der Waals surface area contributed by atoms with E-state index in [-0.39, 0.29) is 25.2 Å². The Kier molecular flexibility index (Phi) is 6.61. The number of para-hydroxylation sites is 1. The van der Waals surface area contributed by atoms with E-state index >= 15 is 0 Å². The molecule has 0 aliphatic carbocycles. The Labute approximate surface area is 124 Å². The molecule has 0 saturated carbocycles. The van der Waals surface area contributed by atoms with Crippen molar-refractivity contribution in [1.82, 2.24) is 10.6 Å². The minimum atomic E-state index is -0.550. The fourth-order valence-electron chi connectivity index (χ4n) is 1.46. The quantitative estimate of drug-likeness (QED) is 0.702. The number of urea groups is 1. The topological polar surface area (TPSA) is 93.4 Å². The molecule has 0 atom stereocenters. The van der Waals surface area contributed by atoms with E-state index in [0.29, 0.717) is 11.3 Å². The molecule has 0 radical (unpaired) electrons. The Balaban J connectivity index is 2.37. The number of nitrogens with one attached hydrogen (secondary N) is 2. The van der Waals surface area contributed by atoms with E-state index in [4.69, 9.17) is 10.5 Å². The molecule has 1 aromatic carbocycles. The summed E-state index contributed by atoms with van der Waals surface area (Å²) in [6, 6.07) is 6.49. The zero-order valence-electron chi connectivity index (χ0n) is 12.1. The molecule has 21 heavy (non-hydrogen) atoms. The van der Waals surface area contributed by atoms with Crippen molar-refractivity contribution >= 4 is 11.9 Å². The fraction of sp³-hybridized carbons (Fsp3) is 0.333. The number of carbonyl (C=O) groups is 2. The highest BCUT2D eigenvalue weighted by Gasteiger charge is 2.07. The first-order valence-electron chi connectivity index (χ1n) is 6.52. The van der Waals surface area contributed by atoms with Gasteiger partial charge in [0.25, 0.3) is 5.91 Å². The van der Waals surface area contributed by atoms with Gasteiger partial charge in [-0.15, -0.1) is 0 Å². The highest BCUT2D eigenvalue weighted by molar-refractivity contribution is 5.95. The summed E-state index contributed by atoms with van der Waals surface area (Å²) < 4.78 is 5.37. The summed E-state index contributed by atoms with van der Waals surface area (Å²) in [5, 5.41) is 5.27. The SMILES string of the molecule is CC(C)NC(=O)NCC#CCOc1ccccc1C(N)=O. The third-order valence-corrected chi connectivity index (χ3v) is 2.33. The number of amides is 3. The number of rotatable bonds is 5. The molecule has 3 amide bonds. The van der Waals surface area contributed by atoms with Gasteiger partial charge in [-0.1, -0.05) is 24.0 Å². The summed E-state index contributed by atoms with van der Waals surface area (Å²) in [5.74, 6) is 5.33. The van der Waals surface area contributed by atoms with E-state index in [9.17, 15) is 9.59 Å². The minimum absolute atomic E-state index is 0.0755. The molecule has 4 N–H and O–H groups in total. The monoisotopic (exact) mass is 289 g/mol. The number of hydrogen-bond acceptors (Lipinski definition) is 3. The summed E-state index contributed by atoms with van der Waals surface area (Å²) >= 11 is 0. The number of primary amides is 1. The Bertz CT molecular complexity index is 559. The normalized spacial score (nSPS) is 9.48. The molecule has 0 spiro atoms. The Hall–Kier alpha value is -2.68. The van der Waals surface area contributed by atoms with Gasteiger partial charge in [0.2, 0.25) is 0 Å². The average molecular weight is 289 g/mol. The van der Waals surface area contributed by atoms with Crippen molar-refractivity contribution in [3.05, 3.63) is 29.8 Å². The van der Waals surface area contributed by atoms with Crippen molar-refractivity contribution in [3.8, 4) is 17.6 Å². The standard InChI is InChI=1S/C15H19N3O3/c1-11(2)18-15(20)17-9-5-6-10-21-13-8-4-3-7-12(13)14(16)19/h3-4,7-8,11H,9-10H2,1-2H3,(H2,16,19)(H2,17,18,20). The van der Waals surface area contributed by atoms with E-state index in [1.807, 2.05) is 13.8 Å². The van der Waals surface area contributed by atoms with Gasteiger partial charge in [-0.25, -0.2) is 4.79 Å². The lowest BCUT2D eigenvalue weighted by Crippen LogP contribution is -2.39. The minimum Gasteiger partial charge on any atom is -0.480 e. The van der Waals surface area contributed by atoms with Crippen LogP contribution in [0.4, 0.5) is 4.79 Å². The Morgan fingerprint density at radius 3 is 2.67 bits per heavy atom. The highest BCUT2D eigenvalue weighted by atomic mass is 16.5. The van der Waals surface area contributed by atoms with Crippen molar-refractivity contribution in [3.63, 3.8) is 0 Å². The molecule has 6 nitrogen and oxygen atoms in total. The van der Waals surface area contributed by atoms with E-state index < -0.39 is 5.91 Å². The van der Waals surface area contributed by atoms with E-state index in [2.05, 4.69) is 22.5 Å². The van der Waals surface area contributed by atoms with Crippen molar-refractivity contribution in [2.75, 3.05) is 13.2 Å². The first-order chi connectivity index (χ1) is 10.0. The maximum Gasteiger partial charge on any atom is 0.315 e. The maximum atomic E-state index is 11.3. The molecular weight excluding hydrogens is 270 g/mol. The maximum absolute atomic E-state index is 11.3. The van der Waals surface area contributed by atoms with Crippen LogP contribution in [0.3, 0.4) is 0 Å². The lowest BCUT2D eigenvalue weighted by molar-refractivity contribution is 0.0997. The molecule has 0 heterocycles. The molecule has 0 unspecified atom stereocenters. The summed E-state index contributed by atoms with van der Waals surface area (Å²) in [6.07, 6.45) is 0. The Morgan fingerprint density at radius 2 is 2.00 bits per heavy atom. The molecular formula is C15H19N3O3. The summed E-state index contributed by atoms with van der Waals surface area (Å²) in [7, 11) is 0. The van der Waals surface area contributed by atoms with Crippen LogP contribution in [0.2, 0.25) is 0 Å². The van der Waals surface area contributed by atoms with Crippen LogP contribution in [-0.2, 0) is 0 Å². The predicted molar refractivity (Wildman–Crippen MR) is 79.9 cm³/mol. The van der Waals surface area contributed by atoms with Gasteiger partial charge in [0.05, 0.1) is 12.1 Å². The van der Waals surface area contributed by atoms with Gasteiger partial charge in [-0.2, -0.15) is 0 Å². The van der Waals surface area contributed by atoms with Crippen LogP contribution in [-0.4, -0.2) is 31.1 Å². The highest BCUT2D eigenvalue weighted by Crippen LogP contribution is 2.16. The third kappa shape index (κ3) is 6.34. The summed E-state index contributed by atoms with van der Waals surface area (Å²) in [4.78, 5) is 22.4. The van der Waals surface area contributed by atoms with Gasteiger partial charge in [0, 0.05) is 6.04 Å². The van der Waals surface area contributed by atoms with E-state index in [0.717, 1.165) is 0 Å². The molecule has 0 bridgehead atoms. The third-order valence-electron chi connectivity index (χ3n) is 2.33. The molecule has 0 fully saturated rings. The zero-order chi connectivity index (χ0) is 15.7. The van der Waals surface area contributed by atoms with Crippen molar-refractivity contribution in [1.29, 1.82) is 0 Å². The van der Waals surface area contributed by atoms with Gasteiger partial charge in [0.1, 0.15) is 12.4 Å². The van der Waals surface area contributed by atoms with Gasteiger partial charge < -0.3 is 21.1 Å². The molecule has 112 valence electrons. The second kappa shape index (κ2) is 8.48. The molecule has 0 saturated heterocycles. The lowest BCUT2D eigenvalue weighted by Gasteiger charge is -2.07. The van der Waals surface area contributed by atoms with Crippen LogP contribution in [0.25, 0.3) is 0 Å². The number of hydrogen-bond donors (Lipinski definition) is 3. The first kappa shape index (κ1) is 16.4. The summed E-state index contributed by atoms with van der Waals surface area (Å²) in [6.45, 7) is 4.07. The van der Waals surface area contributed by atoms with Crippen LogP contribution >= 0.6 is 0 Å². The van der Waals surface area contributed by atoms with E-state index in [1.54, 1.807) is 24.3 Å². The van der Waals surface area contributed by atoms with Crippen molar-refractivity contribution in [2.45, 2.75) is 19.9 Å². The molecule has 0 aliphatic heterocycles. The number of carbonyl (C=O) groups excluding carboxylic acids is 2. The van der Waals surface area contributed by atoms with Gasteiger partial charge in [0.15, 0.2) is 0 Å². The van der Waals surface area contributed by atoms with Crippen LogP contribution in [0, 0.1) is 11.8 Å². The van der Waals surface area contributed by atoms with Crippen molar-refractivity contribution < 1.29 is 14.3 Å². The lowest BCUT2D eigenvalue weighted by atomic mass is 10.2. The van der Waals surface area contributed by atoms with Crippen LogP contribution < -0.4 is 21.1 Å². The molecule has 0 aromatic heterocycles. The predicted octanol–water partition coefficient (Wildman–Crippen LogP) is 0.875. The summed E-state index contributed by atoms with van der Waals surface area (Å²) in [5.41, 5.74) is 5.54. The average Bonchev–Trinajstić information content (AvgIpc) is 2.42. The van der Waals surface area contributed by atoms with Gasteiger partial charge >= 0.3 is 6.03 Å². The van der Waals surface area contributed by atoms with Crippen LogP contribution in [0.5, 0.6) is 5.75 Å². The second-order valence-corrected chi connectivity index (χ2v) is 4.48. The van der Waals surface area contributed by atoms with Crippen molar-refractivity contribution in [2.24, 2.45) is 5.73 Å². The van der Waals surface area contributed by atoms with Crippen LogP contribution in [0.1, 0.15) is 24.2 Å². The number of ether oxygens (including phenoxy) is 1. The molecule has 6 heteroatoms. The van der Waals surface area contributed by atoms with Gasteiger partial charge in [-0.3, -0.25) is 4.79 Å². The first-order valence-corrected chi connectivity index (χ1v) is 6.52. The molecule has 1 rings (SSSR count). The number of benzene rings is 1. The molecule has 1 aromatic rings. The largest absolute Gasteiger partial charge is 0.480 e. The van der Waals surface area contributed by atoms with Gasteiger partial charge in [-0.05, 0) is 26.0 Å². The smallest absolute Gasteiger partial charge is 0.315 e. The Morgan fingerprint density at radius 1 is 1.29 bits per heavy atom. The van der Waals surface area contributed by atoms with Crippen LogP contribution in [0.15, 0.2) is 24.3 Å². The number of nitrogens with two attached hydrogens (primary N) is 1. The molecule has 0 aliphatic rings. The second-order valence-electron chi connectivity index (χ2n) is 4.48. The zero-order valence-corrected chi connectivity index (χ0v) is 12.1. The fourth-order valence-corrected chi connectivity index (χ4v) is 1.46.